The van der Waals surface area contributed by atoms with Crippen LogP contribution in [0.15, 0.2) is 0 Å². The summed E-state index contributed by atoms with van der Waals surface area (Å²) in [6, 6.07) is 0. The molecule has 0 spiro atoms. The van der Waals surface area contributed by atoms with Crippen molar-refractivity contribution in [3.05, 3.63) is 0 Å². The van der Waals surface area contributed by atoms with Crippen LogP contribution < -0.4 is 5.32 Å². The van der Waals surface area contributed by atoms with Crippen LogP contribution in [0.2, 0.25) is 0 Å². The van der Waals surface area contributed by atoms with Gasteiger partial charge in [0.15, 0.2) is 0 Å². The molecule has 1 saturated carbocycles. The molecule has 0 radical (unpaired) electrons. The molecule has 0 aromatic heterocycles. The Labute approximate surface area is 88.4 Å². The summed E-state index contributed by atoms with van der Waals surface area (Å²) in [5.41, 5.74) is 0.120. The molecule has 0 bridgehead atoms. The Morgan fingerprint density at radius 2 is 1.93 bits per heavy atom. The van der Waals surface area contributed by atoms with Crippen LogP contribution in [0, 0.1) is 5.92 Å². The predicted molar refractivity (Wildman–Crippen MR) is 60.5 cm³/mol. The van der Waals surface area contributed by atoms with E-state index in [0.29, 0.717) is 6.10 Å². The van der Waals surface area contributed by atoms with E-state index in [4.69, 9.17) is 4.74 Å². The van der Waals surface area contributed by atoms with Crippen LogP contribution in [0.5, 0.6) is 0 Å². The molecule has 2 heteroatoms. The van der Waals surface area contributed by atoms with E-state index in [-0.39, 0.29) is 5.60 Å². The van der Waals surface area contributed by atoms with Crippen molar-refractivity contribution in [3.8, 4) is 0 Å². The summed E-state index contributed by atoms with van der Waals surface area (Å²) >= 11 is 0. The van der Waals surface area contributed by atoms with E-state index in [2.05, 4.69) is 26.1 Å². The van der Waals surface area contributed by atoms with Crippen LogP contribution in [-0.2, 0) is 4.74 Å². The molecule has 0 atom stereocenters. The van der Waals surface area contributed by atoms with Crippen molar-refractivity contribution in [2.24, 2.45) is 5.92 Å². The molecule has 0 aromatic rings. The van der Waals surface area contributed by atoms with Crippen LogP contribution in [0.4, 0.5) is 0 Å². The first-order valence-corrected chi connectivity index (χ1v) is 5.90. The lowest BCUT2D eigenvalue weighted by molar-refractivity contribution is -0.104. The van der Waals surface area contributed by atoms with E-state index in [1.165, 1.54) is 25.7 Å². The van der Waals surface area contributed by atoms with Crippen molar-refractivity contribution in [3.63, 3.8) is 0 Å². The monoisotopic (exact) mass is 199 g/mol. The fourth-order valence-electron chi connectivity index (χ4n) is 2.45. The van der Waals surface area contributed by atoms with Crippen molar-refractivity contribution in [1.82, 2.24) is 5.32 Å². The summed E-state index contributed by atoms with van der Waals surface area (Å²) in [5, 5.41) is 3.27. The Hall–Kier alpha value is -0.0800. The molecular formula is C12H25NO. The molecule has 14 heavy (non-hydrogen) atoms. The van der Waals surface area contributed by atoms with Gasteiger partial charge in [0.25, 0.3) is 0 Å². The van der Waals surface area contributed by atoms with Gasteiger partial charge in [-0.05, 0) is 52.5 Å². The average molecular weight is 199 g/mol. The molecule has 0 unspecified atom stereocenters. The Balaban J connectivity index is 2.53. The molecule has 1 rings (SSSR count). The molecule has 1 N–H and O–H groups in total. The lowest BCUT2D eigenvalue weighted by atomic mass is 9.79. The van der Waals surface area contributed by atoms with Crippen molar-refractivity contribution in [1.29, 1.82) is 0 Å². The number of ether oxygens (including phenoxy) is 1. The van der Waals surface area contributed by atoms with Gasteiger partial charge in [-0.3, -0.25) is 0 Å². The molecule has 1 fully saturated rings. The van der Waals surface area contributed by atoms with E-state index >= 15 is 0 Å². The molecule has 1 aliphatic rings. The van der Waals surface area contributed by atoms with Gasteiger partial charge < -0.3 is 10.1 Å². The quantitative estimate of drug-likeness (QED) is 0.751. The lowest BCUT2D eigenvalue weighted by Gasteiger charge is -2.40. The fourth-order valence-corrected chi connectivity index (χ4v) is 2.45. The second kappa shape index (κ2) is 5.13. The number of likely N-dealkylation sites (N-methyl/N-ethyl adjacent to an activating group) is 1. The zero-order valence-electron chi connectivity index (χ0n) is 10.1. The van der Waals surface area contributed by atoms with Gasteiger partial charge in [0.1, 0.15) is 0 Å². The first-order valence-electron chi connectivity index (χ1n) is 5.90. The maximum Gasteiger partial charge on any atom is 0.0809 e. The largest absolute Gasteiger partial charge is 0.371 e. The van der Waals surface area contributed by atoms with Gasteiger partial charge in [-0.25, -0.2) is 0 Å². The van der Waals surface area contributed by atoms with E-state index in [9.17, 15) is 0 Å². The van der Waals surface area contributed by atoms with Gasteiger partial charge in [0, 0.05) is 6.54 Å². The highest BCUT2D eigenvalue weighted by atomic mass is 16.5. The molecule has 2 nitrogen and oxygen atoms in total. The smallest absolute Gasteiger partial charge is 0.0809 e. The zero-order chi connectivity index (χ0) is 10.6. The summed E-state index contributed by atoms with van der Waals surface area (Å²) in [4.78, 5) is 0. The molecular weight excluding hydrogens is 174 g/mol. The Morgan fingerprint density at radius 1 is 1.36 bits per heavy atom. The SMILES string of the molecule is CNCC1(OC(C)C)CCC(C)CC1. The second-order valence-electron chi connectivity index (χ2n) is 5.06. The van der Waals surface area contributed by atoms with Crippen molar-refractivity contribution >= 4 is 0 Å². The first-order chi connectivity index (χ1) is 6.58. The van der Waals surface area contributed by atoms with Crippen LogP contribution in [-0.4, -0.2) is 25.3 Å². The minimum atomic E-state index is 0.120. The van der Waals surface area contributed by atoms with Gasteiger partial charge in [-0.1, -0.05) is 6.92 Å². The minimum Gasteiger partial charge on any atom is -0.371 e. The normalized spacial score (nSPS) is 33.6. The maximum atomic E-state index is 6.10. The number of hydrogen-bond donors (Lipinski definition) is 1. The van der Waals surface area contributed by atoms with Crippen LogP contribution in [0.3, 0.4) is 0 Å². The summed E-state index contributed by atoms with van der Waals surface area (Å²) in [5.74, 6) is 0.885. The highest BCUT2D eigenvalue weighted by molar-refractivity contribution is 4.88. The van der Waals surface area contributed by atoms with Crippen molar-refractivity contribution < 1.29 is 4.74 Å². The molecule has 1 aliphatic carbocycles. The summed E-state index contributed by atoms with van der Waals surface area (Å²) < 4.78 is 6.10. The third-order valence-electron chi connectivity index (χ3n) is 3.17. The minimum absolute atomic E-state index is 0.120. The predicted octanol–water partition coefficient (Wildman–Crippen LogP) is 2.58. The molecule has 0 aliphatic heterocycles. The Bertz CT molecular complexity index is 160. The van der Waals surface area contributed by atoms with Crippen LogP contribution in [0.25, 0.3) is 0 Å². The topological polar surface area (TPSA) is 21.3 Å². The van der Waals surface area contributed by atoms with Crippen molar-refractivity contribution in [2.45, 2.75) is 58.2 Å². The average Bonchev–Trinajstić information content (AvgIpc) is 2.10. The van der Waals surface area contributed by atoms with Gasteiger partial charge in [-0.2, -0.15) is 0 Å². The van der Waals surface area contributed by atoms with E-state index in [0.717, 1.165) is 12.5 Å². The van der Waals surface area contributed by atoms with Crippen molar-refractivity contribution in [2.75, 3.05) is 13.6 Å². The Morgan fingerprint density at radius 3 is 2.36 bits per heavy atom. The van der Waals surface area contributed by atoms with Crippen LogP contribution in [0.1, 0.15) is 46.5 Å². The van der Waals surface area contributed by atoms with Gasteiger partial charge in [0.2, 0.25) is 0 Å². The molecule has 0 amide bonds. The second-order valence-corrected chi connectivity index (χ2v) is 5.06. The van der Waals surface area contributed by atoms with Gasteiger partial charge >= 0.3 is 0 Å². The Kier molecular flexibility index (Phi) is 4.39. The van der Waals surface area contributed by atoms with Crippen LogP contribution >= 0.6 is 0 Å². The van der Waals surface area contributed by atoms with E-state index in [1.807, 2.05) is 7.05 Å². The standard InChI is InChI=1S/C12H25NO/c1-10(2)14-12(9-13-4)7-5-11(3)6-8-12/h10-11,13H,5-9H2,1-4H3. The number of hydrogen-bond acceptors (Lipinski definition) is 2. The molecule has 0 aromatic carbocycles. The van der Waals surface area contributed by atoms with E-state index in [1.54, 1.807) is 0 Å². The molecule has 84 valence electrons. The summed E-state index contributed by atoms with van der Waals surface area (Å²) in [6.07, 6.45) is 5.40. The zero-order valence-corrected chi connectivity index (χ0v) is 10.1. The van der Waals surface area contributed by atoms with E-state index < -0.39 is 0 Å². The third-order valence-corrected chi connectivity index (χ3v) is 3.17. The summed E-state index contributed by atoms with van der Waals surface area (Å²) in [6.45, 7) is 7.61. The number of rotatable bonds is 4. The number of nitrogens with one attached hydrogen (secondary N) is 1. The molecule has 0 saturated heterocycles. The lowest BCUT2D eigenvalue weighted by Crippen LogP contribution is -2.46. The molecule has 0 heterocycles. The third kappa shape index (κ3) is 3.25. The highest BCUT2D eigenvalue weighted by Crippen LogP contribution is 2.35. The van der Waals surface area contributed by atoms with Gasteiger partial charge in [-0.15, -0.1) is 0 Å². The summed E-state index contributed by atoms with van der Waals surface area (Å²) in [7, 11) is 2.02. The highest BCUT2D eigenvalue weighted by Gasteiger charge is 2.35. The first kappa shape index (κ1) is 12.0. The fraction of sp³-hybridized carbons (Fsp3) is 1.00. The van der Waals surface area contributed by atoms with Gasteiger partial charge in [0.05, 0.1) is 11.7 Å². The maximum absolute atomic E-state index is 6.10.